The lowest BCUT2D eigenvalue weighted by molar-refractivity contribution is 0.217. The van der Waals surface area contributed by atoms with E-state index in [1.807, 2.05) is 24.0 Å². The zero-order valence-electron chi connectivity index (χ0n) is 11.7. The largest absolute Gasteiger partial charge is 0.396 e. The fraction of sp³-hybridized carbons (Fsp3) is 0.438. The molecule has 102 valence electrons. The standard InChI is InChI=1S/C16H22N2O/c1-13-3-5-14(6-4-13)11-15(12-19)7-8-16-9-10-17-18(16)2/h3-6,9-10,15,19H,7-8,11-12H2,1-2H3. The number of benzene rings is 1. The Morgan fingerprint density at radius 3 is 2.53 bits per heavy atom. The zero-order chi connectivity index (χ0) is 13.7. The summed E-state index contributed by atoms with van der Waals surface area (Å²) in [7, 11) is 1.96. The van der Waals surface area contributed by atoms with E-state index in [9.17, 15) is 5.11 Å². The van der Waals surface area contributed by atoms with Crippen LogP contribution in [0.25, 0.3) is 0 Å². The second-order valence-electron chi connectivity index (χ2n) is 5.22. The third-order valence-corrected chi connectivity index (χ3v) is 3.63. The minimum Gasteiger partial charge on any atom is -0.396 e. The molecule has 0 fully saturated rings. The summed E-state index contributed by atoms with van der Waals surface area (Å²) in [6.07, 6.45) is 4.72. The van der Waals surface area contributed by atoms with Crippen LogP contribution < -0.4 is 0 Å². The van der Waals surface area contributed by atoms with E-state index in [1.54, 1.807) is 0 Å². The Bertz CT molecular complexity index is 502. The Balaban J connectivity index is 1.90. The Hall–Kier alpha value is -1.61. The van der Waals surface area contributed by atoms with Crippen molar-refractivity contribution in [1.29, 1.82) is 0 Å². The van der Waals surface area contributed by atoms with Gasteiger partial charge in [0.05, 0.1) is 0 Å². The van der Waals surface area contributed by atoms with E-state index in [0.717, 1.165) is 19.3 Å². The van der Waals surface area contributed by atoms with Crippen molar-refractivity contribution in [2.45, 2.75) is 26.2 Å². The SMILES string of the molecule is Cc1ccc(CC(CO)CCc2ccnn2C)cc1. The maximum absolute atomic E-state index is 9.52. The average molecular weight is 258 g/mol. The van der Waals surface area contributed by atoms with E-state index >= 15 is 0 Å². The van der Waals surface area contributed by atoms with Gasteiger partial charge in [-0.15, -0.1) is 0 Å². The predicted octanol–water partition coefficient (Wildman–Crippen LogP) is 2.51. The Kier molecular flexibility index (Phi) is 4.74. The molecule has 0 saturated heterocycles. The van der Waals surface area contributed by atoms with Crippen LogP contribution in [-0.2, 0) is 19.9 Å². The van der Waals surface area contributed by atoms with Crippen molar-refractivity contribution in [3.8, 4) is 0 Å². The van der Waals surface area contributed by atoms with Crippen molar-refractivity contribution in [3.63, 3.8) is 0 Å². The molecule has 0 aliphatic carbocycles. The summed E-state index contributed by atoms with van der Waals surface area (Å²) < 4.78 is 1.90. The molecule has 1 N–H and O–H groups in total. The lowest BCUT2D eigenvalue weighted by atomic mass is 9.94. The highest BCUT2D eigenvalue weighted by atomic mass is 16.3. The Labute approximate surface area is 114 Å². The van der Waals surface area contributed by atoms with Crippen molar-refractivity contribution in [1.82, 2.24) is 9.78 Å². The number of aliphatic hydroxyl groups excluding tert-OH is 1. The molecule has 0 spiro atoms. The van der Waals surface area contributed by atoms with E-state index in [1.165, 1.54) is 16.8 Å². The maximum Gasteiger partial charge on any atom is 0.0492 e. The summed E-state index contributed by atoms with van der Waals surface area (Å²) >= 11 is 0. The smallest absolute Gasteiger partial charge is 0.0492 e. The third kappa shape index (κ3) is 3.93. The molecule has 0 radical (unpaired) electrons. The first-order valence-corrected chi connectivity index (χ1v) is 6.82. The molecule has 0 aliphatic rings. The molecule has 0 bridgehead atoms. The van der Waals surface area contributed by atoms with Crippen molar-refractivity contribution in [2.24, 2.45) is 13.0 Å². The first-order valence-electron chi connectivity index (χ1n) is 6.82. The number of aliphatic hydroxyl groups is 1. The molecule has 3 heteroatoms. The van der Waals surface area contributed by atoms with Gasteiger partial charge in [-0.25, -0.2) is 0 Å². The number of nitrogens with zero attached hydrogens (tertiary/aromatic N) is 2. The van der Waals surface area contributed by atoms with Crippen LogP contribution in [0.5, 0.6) is 0 Å². The van der Waals surface area contributed by atoms with Gasteiger partial charge in [-0.3, -0.25) is 4.68 Å². The quantitative estimate of drug-likeness (QED) is 0.864. The van der Waals surface area contributed by atoms with Crippen molar-refractivity contribution in [3.05, 3.63) is 53.3 Å². The van der Waals surface area contributed by atoms with Gasteiger partial charge >= 0.3 is 0 Å². The Morgan fingerprint density at radius 1 is 1.21 bits per heavy atom. The number of rotatable bonds is 6. The molecule has 0 saturated carbocycles. The summed E-state index contributed by atoms with van der Waals surface area (Å²) in [4.78, 5) is 0. The first kappa shape index (κ1) is 13.8. The zero-order valence-corrected chi connectivity index (χ0v) is 11.7. The van der Waals surface area contributed by atoms with Crippen molar-refractivity contribution < 1.29 is 5.11 Å². The maximum atomic E-state index is 9.52. The molecule has 2 rings (SSSR count). The van der Waals surface area contributed by atoms with Crippen molar-refractivity contribution >= 4 is 0 Å². The molecule has 0 aliphatic heterocycles. The normalized spacial score (nSPS) is 12.6. The van der Waals surface area contributed by atoms with Gasteiger partial charge in [0.2, 0.25) is 0 Å². The molecular weight excluding hydrogens is 236 g/mol. The first-order chi connectivity index (χ1) is 9.19. The monoisotopic (exact) mass is 258 g/mol. The molecule has 3 nitrogen and oxygen atoms in total. The minimum absolute atomic E-state index is 0.242. The lowest BCUT2D eigenvalue weighted by Crippen LogP contribution is -2.12. The molecule has 0 amide bonds. The number of aromatic nitrogens is 2. The van der Waals surface area contributed by atoms with E-state index in [4.69, 9.17) is 0 Å². The van der Waals surface area contributed by atoms with Gasteiger partial charge < -0.3 is 5.11 Å². The highest BCUT2D eigenvalue weighted by molar-refractivity contribution is 5.21. The fourth-order valence-corrected chi connectivity index (χ4v) is 2.31. The minimum atomic E-state index is 0.242. The van der Waals surface area contributed by atoms with Gasteiger partial charge in [0.25, 0.3) is 0 Å². The second-order valence-corrected chi connectivity index (χ2v) is 5.22. The number of hydrogen-bond donors (Lipinski definition) is 1. The highest BCUT2D eigenvalue weighted by Crippen LogP contribution is 2.15. The van der Waals surface area contributed by atoms with E-state index < -0.39 is 0 Å². The van der Waals surface area contributed by atoms with Gasteiger partial charge in [0.15, 0.2) is 0 Å². The van der Waals surface area contributed by atoms with E-state index in [2.05, 4.69) is 36.3 Å². The van der Waals surface area contributed by atoms with Crippen LogP contribution >= 0.6 is 0 Å². The molecule has 1 unspecified atom stereocenters. The van der Waals surface area contributed by atoms with Crippen LogP contribution in [0.15, 0.2) is 36.5 Å². The van der Waals surface area contributed by atoms with Gasteiger partial charge in [-0.05, 0) is 43.7 Å². The van der Waals surface area contributed by atoms with E-state index in [0.29, 0.717) is 5.92 Å². The van der Waals surface area contributed by atoms with Crippen molar-refractivity contribution in [2.75, 3.05) is 6.61 Å². The third-order valence-electron chi connectivity index (χ3n) is 3.63. The van der Waals surface area contributed by atoms with Gasteiger partial charge in [0, 0.05) is 25.5 Å². The summed E-state index contributed by atoms with van der Waals surface area (Å²) in [5.74, 6) is 0.317. The van der Waals surface area contributed by atoms with Gasteiger partial charge in [-0.1, -0.05) is 29.8 Å². The highest BCUT2D eigenvalue weighted by Gasteiger charge is 2.10. The predicted molar refractivity (Wildman–Crippen MR) is 77.0 cm³/mol. The summed E-state index contributed by atoms with van der Waals surface area (Å²) in [6.45, 7) is 2.33. The van der Waals surface area contributed by atoms with Gasteiger partial charge in [-0.2, -0.15) is 5.10 Å². The van der Waals surface area contributed by atoms with Crippen LogP contribution in [0, 0.1) is 12.8 Å². The topological polar surface area (TPSA) is 38.1 Å². The average Bonchev–Trinajstić information content (AvgIpc) is 2.82. The molecular formula is C16H22N2O. The molecule has 1 heterocycles. The van der Waals surface area contributed by atoms with Gasteiger partial charge in [0.1, 0.15) is 0 Å². The summed E-state index contributed by atoms with van der Waals surface area (Å²) in [6, 6.07) is 10.6. The molecule has 1 atom stereocenters. The van der Waals surface area contributed by atoms with Crippen LogP contribution in [-0.4, -0.2) is 21.5 Å². The lowest BCUT2D eigenvalue weighted by Gasteiger charge is -2.14. The second kappa shape index (κ2) is 6.53. The van der Waals surface area contributed by atoms with Crippen LogP contribution in [0.2, 0.25) is 0 Å². The molecule has 19 heavy (non-hydrogen) atoms. The summed E-state index contributed by atoms with van der Waals surface area (Å²) in [5.41, 5.74) is 3.80. The number of aryl methyl sites for hydroxylation is 3. The van der Waals surface area contributed by atoms with Crippen LogP contribution in [0.1, 0.15) is 23.2 Å². The summed E-state index contributed by atoms with van der Waals surface area (Å²) in [5, 5.41) is 13.7. The molecule has 1 aromatic heterocycles. The molecule has 2 aromatic rings. The number of hydrogen-bond acceptors (Lipinski definition) is 2. The van der Waals surface area contributed by atoms with E-state index in [-0.39, 0.29) is 6.61 Å². The fourth-order valence-electron chi connectivity index (χ4n) is 2.31. The van der Waals surface area contributed by atoms with Crippen LogP contribution in [0.3, 0.4) is 0 Å². The molecule has 1 aromatic carbocycles. The van der Waals surface area contributed by atoms with Crippen LogP contribution in [0.4, 0.5) is 0 Å². The Morgan fingerprint density at radius 2 is 1.95 bits per heavy atom.